The molecule has 7 heteroatoms. The molecule has 0 amide bonds. The van der Waals surface area contributed by atoms with E-state index in [1.165, 1.54) is 12.1 Å². The van der Waals surface area contributed by atoms with E-state index in [-0.39, 0.29) is 50.3 Å². The van der Waals surface area contributed by atoms with Crippen molar-refractivity contribution in [3.8, 4) is 5.75 Å². The molecule has 1 aliphatic heterocycles. The second-order valence-electron chi connectivity index (χ2n) is 6.64. The SMILES string of the molecule is Cc1[c-]cc2c3c(ccc2c1)CCC(COS(=O)(=O)c1ccc(Br)cc1)O3.[Y]. The normalized spacial score (nSPS) is 16.1. The largest absolute Gasteiger partial charge is 0.500 e. The van der Waals surface area contributed by atoms with Crippen LogP contribution in [-0.2, 0) is 53.4 Å². The van der Waals surface area contributed by atoms with Crippen molar-refractivity contribution >= 4 is 36.8 Å². The van der Waals surface area contributed by atoms with Crippen LogP contribution in [0.1, 0.15) is 17.5 Å². The van der Waals surface area contributed by atoms with E-state index in [9.17, 15) is 8.42 Å². The van der Waals surface area contributed by atoms with Crippen LogP contribution in [0.2, 0.25) is 0 Å². The molecule has 0 bridgehead atoms. The second kappa shape index (κ2) is 8.92. The van der Waals surface area contributed by atoms with Crippen LogP contribution in [0.3, 0.4) is 0 Å². The number of rotatable bonds is 4. The zero-order valence-electron chi connectivity index (χ0n) is 15.3. The zero-order chi connectivity index (χ0) is 19.0. The van der Waals surface area contributed by atoms with E-state index < -0.39 is 10.1 Å². The van der Waals surface area contributed by atoms with Gasteiger partial charge in [0, 0.05) is 37.2 Å². The second-order valence-corrected chi connectivity index (χ2v) is 9.17. The van der Waals surface area contributed by atoms with E-state index in [2.05, 4.69) is 40.2 Å². The number of benzene rings is 3. The molecule has 1 radical (unpaired) electrons. The summed E-state index contributed by atoms with van der Waals surface area (Å²) in [6.45, 7) is 1.99. The van der Waals surface area contributed by atoms with Crippen molar-refractivity contribution in [3.63, 3.8) is 0 Å². The Kier molecular flexibility index (Phi) is 6.98. The standard InChI is InChI=1S/C21H18BrO4S.Y/c1-14-2-11-20-16(12-14)4-3-15-5-8-18(26-21(15)20)13-25-27(23,24)19-9-6-17(22)7-10-19;/h3-4,6-7,9-12,18H,5,8,13H2,1H3;/q-1;. The molecule has 0 spiro atoms. The van der Waals surface area contributed by atoms with Crippen molar-refractivity contribution in [2.75, 3.05) is 6.61 Å². The summed E-state index contributed by atoms with van der Waals surface area (Å²) in [5.41, 5.74) is 2.20. The molecule has 0 aromatic heterocycles. The van der Waals surface area contributed by atoms with Crippen molar-refractivity contribution in [2.24, 2.45) is 0 Å². The Morgan fingerprint density at radius 2 is 1.96 bits per heavy atom. The molecule has 0 saturated heterocycles. The molecule has 3 aromatic carbocycles. The van der Waals surface area contributed by atoms with Crippen molar-refractivity contribution in [2.45, 2.75) is 30.8 Å². The molecule has 1 aliphatic rings. The summed E-state index contributed by atoms with van der Waals surface area (Å²) < 4.78 is 37.0. The van der Waals surface area contributed by atoms with Gasteiger partial charge in [0.1, 0.15) is 12.7 Å². The van der Waals surface area contributed by atoms with Crippen molar-refractivity contribution in [1.82, 2.24) is 0 Å². The number of halogens is 1. The van der Waals surface area contributed by atoms with Crippen molar-refractivity contribution in [1.29, 1.82) is 0 Å². The van der Waals surface area contributed by atoms with Gasteiger partial charge in [-0.2, -0.15) is 32.2 Å². The summed E-state index contributed by atoms with van der Waals surface area (Å²) in [6.07, 6.45) is 1.23. The van der Waals surface area contributed by atoms with Crippen LogP contribution in [0.15, 0.2) is 57.9 Å². The minimum Gasteiger partial charge on any atom is -0.500 e. The van der Waals surface area contributed by atoms with Gasteiger partial charge in [-0.15, -0.1) is 5.39 Å². The van der Waals surface area contributed by atoms with E-state index >= 15 is 0 Å². The van der Waals surface area contributed by atoms with E-state index in [0.29, 0.717) is 6.42 Å². The first-order valence-electron chi connectivity index (χ1n) is 8.68. The van der Waals surface area contributed by atoms with E-state index in [4.69, 9.17) is 8.92 Å². The van der Waals surface area contributed by atoms with Gasteiger partial charge < -0.3 is 4.74 Å². The fourth-order valence-corrected chi connectivity index (χ4v) is 4.43. The predicted molar refractivity (Wildman–Crippen MR) is 108 cm³/mol. The van der Waals surface area contributed by atoms with Crippen LogP contribution >= 0.6 is 15.9 Å². The Morgan fingerprint density at radius 1 is 1.21 bits per heavy atom. The molecule has 4 rings (SSSR count). The summed E-state index contributed by atoms with van der Waals surface area (Å²) in [7, 11) is -3.81. The van der Waals surface area contributed by atoms with Gasteiger partial charge in [-0.25, -0.2) is 0 Å². The molecule has 1 heterocycles. The Labute approximate surface area is 198 Å². The number of hydrogen-bond acceptors (Lipinski definition) is 4. The predicted octanol–water partition coefficient (Wildman–Crippen LogP) is 4.81. The summed E-state index contributed by atoms with van der Waals surface area (Å²) >= 11 is 3.30. The minimum absolute atomic E-state index is 0. The topological polar surface area (TPSA) is 52.6 Å². The van der Waals surface area contributed by atoms with Crippen LogP contribution in [0.5, 0.6) is 5.75 Å². The summed E-state index contributed by atoms with van der Waals surface area (Å²) in [5, 5.41) is 2.09. The van der Waals surface area contributed by atoms with Gasteiger partial charge in [-0.1, -0.05) is 40.4 Å². The molecule has 4 nitrogen and oxygen atoms in total. The molecule has 143 valence electrons. The van der Waals surface area contributed by atoms with E-state index in [1.807, 2.05) is 13.0 Å². The fourth-order valence-electron chi connectivity index (χ4n) is 3.23. The van der Waals surface area contributed by atoms with Crippen molar-refractivity contribution < 1.29 is 50.0 Å². The van der Waals surface area contributed by atoms with Crippen LogP contribution in [0, 0.1) is 13.0 Å². The smallest absolute Gasteiger partial charge is 0.297 e. The van der Waals surface area contributed by atoms with Gasteiger partial charge in [-0.05, 0) is 42.7 Å². The maximum atomic E-state index is 12.4. The molecular formula is C21H18BrO4SY-. The molecule has 3 aromatic rings. The Bertz CT molecular complexity index is 1100. The summed E-state index contributed by atoms with van der Waals surface area (Å²) in [6, 6.07) is 17.8. The average Bonchev–Trinajstić information content (AvgIpc) is 2.66. The van der Waals surface area contributed by atoms with Gasteiger partial charge >= 0.3 is 0 Å². The Morgan fingerprint density at radius 3 is 2.71 bits per heavy atom. The van der Waals surface area contributed by atoms with Gasteiger partial charge in [0.25, 0.3) is 10.1 Å². The molecule has 0 N–H and O–H groups in total. The molecule has 0 fully saturated rings. The van der Waals surface area contributed by atoms with Crippen LogP contribution in [0.4, 0.5) is 0 Å². The molecular weight excluding hydrogens is 517 g/mol. The molecule has 28 heavy (non-hydrogen) atoms. The molecule has 1 atom stereocenters. The van der Waals surface area contributed by atoms with E-state index in [1.54, 1.807) is 12.1 Å². The molecule has 0 aliphatic carbocycles. The molecule has 0 saturated carbocycles. The fraction of sp³-hybridized carbons (Fsp3) is 0.238. The Hall–Kier alpha value is -0.786. The first-order valence-corrected chi connectivity index (χ1v) is 10.9. The maximum Gasteiger partial charge on any atom is 0.297 e. The van der Waals surface area contributed by atoms with E-state index in [0.717, 1.165) is 38.5 Å². The number of aryl methyl sites for hydroxylation is 2. The molecule has 1 unspecified atom stereocenters. The summed E-state index contributed by atoms with van der Waals surface area (Å²) in [4.78, 5) is 0.137. The summed E-state index contributed by atoms with van der Waals surface area (Å²) in [5.74, 6) is 0.810. The average molecular weight is 535 g/mol. The minimum atomic E-state index is -3.81. The van der Waals surface area contributed by atoms with Gasteiger partial charge in [0.05, 0.1) is 10.6 Å². The van der Waals surface area contributed by atoms with Gasteiger partial charge in [0.15, 0.2) is 0 Å². The number of ether oxygens (including phenoxy) is 1. The van der Waals surface area contributed by atoms with Gasteiger partial charge in [-0.3, -0.25) is 4.18 Å². The Balaban J connectivity index is 0.00000225. The first-order chi connectivity index (χ1) is 12.9. The van der Waals surface area contributed by atoms with Crippen LogP contribution < -0.4 is 4.74 Å². The third kappa shape index (κ3) is 4.68. The number of hydrogen-bond donors (Lipinski definition) is 0. The third-order valence-corrected chi connectivity index (χ3v) is 6.48. The van der Waals surface area contributed by atoms with Crippen molar-refractivity contribution in [3.05, 3.63) is 70.2 Å². The first kappa shape index (κ1) is 21.9. The monoisotopic (exact) mass is 534 g/mol. The van der Waals surface area contributed by atoms with Gasteiger partial charge in [0.2, 0.25) is 0 Å². The quantitative estimate of drug-likeness (QED) is 0.356. The number of fused-ring (bicyclic) bond motifs is 3. The third-order valence-electron chi connectivity index (χ3n) is 4.66. The maximum absolute atomic E-state index is 12.4. The van der Waals surface area contributed by atoms with Crippen LogP contribution in [-0.4, -0.2) is 21.1 Å². The van der Waals surface area contributed by atoms with Crippen LogP contribution in [0.25, 0.3) is 10.8 Å². The zero-order valence-corrected chi connectivity index (χ0v) is 20.6.